The molecule has 0 atom stereocenters. The second kappa shape index (κ2) is 9.70. The maximum atomic E-state index is 6.05. The van der Waals surface area contributed by atoms with Gasteiger partial charge in [0.05, 0.1) is 30.2 Å². The molecule has 174 valence electrons. The number of likely N-dealkylation sites (N-methyl/N-ethyl adjacent to an activating group) is 1. The van der Waals surface area contributed by atoms with Gasteiger partial charge < -0.3 is 25.2 Å². The third kappa shape index (κ3) is 4.98. The predicted octanol–water partition coefficient (Wildman–Crippen LogP) is 4.93. The summed E-state index contributed by atoms with van der Waals surface area (Å²) in [7, 11) is 3.83. The summed E-state index contributed by atoms with van der Waals surface area (Å²) in [6.45, 7) is 4.10. The molecule has 0 unspecified atom stereocenters. The number of halogens is 1. The Bertz CT molecular complexity index is 1310. The molecule has 3 heterocycles. The average molecular weight is 476 g/mol. The summed E-state index contributed by atoms with van der Waals surface area (Å²) in [6.07, 6.45) is 3.46. The van der Waals surface area contributed by atoms with E-state index >= 15 is 0 Å². The lowest BCUT2D eigenvalue weighted by atomic mass is 10.2. The number of nitrogens with zero attached hydrogens (tertiary/aromatic N) is 5. The molecule has 0 spiro atoms. The fraction of sp³-hybridized carbons (Fsp3) is 0.240. The molecule has 1 saturated heterocycles. The van der Waals surface area contributed by atoms with Crippen LogP contribution in [0.4, 0.5) is 28.8 Å². The maximum absolute atomic E-state index is 6.05. The summed E-state index contributed by atoms with van der Waals surface area (Å²) in [6, 6.07) is 15.6. The van der Waals surface area contributed by atoms with Gasteiger partial charge in [0.25, 0.3) is 0 Å². The molecule has 8 nitrogen and oxygen atoms in total. The van der Waals surface area contributed by atoms with Crippen LogP contribution >= 0.6 is 11.6 Å². The fourth-order valence-electron chi connectivity index (χ4n) is 3.96. The molecule has 9 heteroatoms. The number of hydrogen-bond acceptors (Lipinski definition) is 8. The number of fused-ring (bicyclic) bond motifs is 1. The van der Waals surface area contributed by atoms with Crippen molar-refractivity contribution < 1.29 is 4.74 Å². The van der Waals surface area contributed by atoms with Crippen LogP contribution in [-0.2, 0) is 0 Å². The van der Waals surface area contributed by atoms with Crippen molar-refractivity contribution in [1.29, 1.82) is 0 Å². The van der Waals surface area contributed by atoms with Gasteiger partial charge in [-0.1, -0.05) is 17.7 Å². The van der Waals surface area contributed by atoms with Crippen molar-refractivity contribution in [2.24, 2.45) is 0 Å². The summed E-state index contributed by atoms with van der Waals surface area (Å²) in [5.41, 5.74) is 3.63. The minimum atomic E-state index is 0.469. The van der Waals surface area contributed by atoms with Crippen LogP contribution in [0.5, 0.6) is 5.75 Å². The van der Waals surface area contributed by atoms with Gasteiger partial charge in [-0.05, 0) is 43.4 Å². The van der Waals surface area contributed by atoms with Crippen LogP contribution in [0.3, 0.4) is 0 Å². The highest BCUT2D eigenvalue weighted by atomic mass is 35.5. The molecule has 0 radical (unpaired) electrons. The second-order valence-electron chi connectivity index (χ2n) is 8.25. The summed E-state index contributed by atoms with van der Waals surface area (Å²) in [4.78, 5) is 18.2. The first kappa shape index (κ1) is 22.2. The molecule has 0 amide bonds. The van der Waals surface area contributed by atoms with Gasteiger partial charge in [0, 0.05) is 54.5 Å². The maximum Gasteiger partial charge on any atom is 0.229 e. The summed E-state index contributed by atoms with van der Waals surface area (Å²) >= 11 is 6.05. The number of anilines is 5. The molecular formula is C25H26ClN7O. The second-order valence-corrected chi connectivity index (χ2v) is 8.69. The number of methoxy groups -OCH3 is 1. The van der Waals surface area contributed by atoms with Gasteiger partial charge in [0.1, 0.15) is 11.6 Å². The average Bonchev–Trinajstić information content (AvgIpc) is 2.85. The van der Waals surface area contributed by atoms with E-state index in [-0.39, 0.29) is 0 Å². The SMILES string of the molecule is COc1cc(N2CCN(C)CC2)ccc1Nc1nccc(Nc2cnc3cc(Cl)ccc3c2)n1. The highest BCUT2D eigenvalue weighted by Gasteiger charge is 2.16. The topological polar surface area (TPSA) is 78.4 Å². The van der Waals surface area contributed by atoms with Crippen molar-refractivity contribution in [1.82, 2.24) is 19.9 Å². The van der Waals surface area contributed by atoms with Crippen LogP contribution in [0.15, 0.2) is 60.9 Å². The van der Waals surface area contributed by atoms with Crippen LogP contribution in [0.2, 0.25) is 5.02 Å². The van der Waals surface area contributed by atoms with Gasteiger partial charge in [0.2, 0.25) is 5.95 Å². The van der Waals surface area contributed by atoms with E-state index < -0.39 is 0 Å². The molecule has 0 bridgehead atoms. The van der Waals surface area contributed by atoms with Gasteiger partial charge in [0.15, 0.2) is 0 Å². The van der Waals surface area contributed by atoms with E-state index in [2.05, 4.69) is 54.6 Å². The Labute approximate surface area is 203 Å². The van der Waals surface area contributed by atoms with Gasteiger partial charge in [-0.25, -0.2) is 4.98 Å². The molecule has 1 aliphatic heterocycles. The minimum Gasteiger partial charge on any atom is -0.494 e. The first-order chi connectivity index (χ1) is 16.6. The van der Waals surface area contributed by atoms with E-state index in [9.17, 15) is 0 Å². The number of piperazine rings is 1. The van der Waals surface area contributed by atoms with E-state index in [1.54, 1.807) is 19.5 Å². The van der Waals surface area contributed by atoms with E-state index in [1.165, 1.54) is 0 Å². The smallest absolute Gasteiger partial charge is 0.229 e. The van der Waals surface area contributed by atoms with E-state index in [1.807, 2.05) is 36.4 Å². The number of rotatable bonds is 6. The number of pyridine rings is 1. The van der Waals surface area contributed by atoms with Crippen molar-refractivity contribution in [3.05, 3.63) is 65.9 Å². The summed E-state index contributed by atoms with van der Waals surface area (Å²) in [5, 5.41) is 8.23. The summed E-state index contributed by atoms with van der Waals surface area (Å²) in [5.74, 6) is 1.87. The number of ether oxygens (including phenoxy) is 1. The van der Waals surface area contributed by atoms with Gasteiger partial charge in [-0.2, -0.15) is 4.98 Å². The van der Waals surface area contributed by atoms with Crippen LogP contribution in [0.1, 0.15) is 0 Å². The monoisotopic (exact) mass is 475 g/mol. The molecule has 0 aliphatic carbocycles. The van der Waals surface area contributed by atoms with Crippen molar-refractivity contribution in [3.63, 3.8) is 0 Å². The Morgan fingerprint density at radius 2 is 1.79 bits per heavy atom. The molecule has 0 saturated carbocycles. The largest absolute Gasteiger partial charge is 0.494 e. The lowest BCUT2D eigenvalue weighted by molar-refractivity contribution is 0.312. The lowest BCUT2D eigenvalue weighted by Gasteiger charge is -2.34. The quantitative estimate of drug-likeness (QED) is 0.406. The van der Waals surface area contributed by atoms with E-state index in [0.717, 1.165) is 59.9 Å². The molecular weight excluding hydrogens is 450 g/mol. The molecule has 1 fully saturated rings. The molecule has 2 N–H and O–H groups in total. The van der Waals surface area contributed by atoms with Gasteiger partial charge in [-0.15, -0.1) is 0 Å². The third-order valence-corrected chi connectivity index (χ3v) is 6.11. The molecule has 4 aromatic rings. The molecule has 2 aromatic heterocycles. The Hall–Kier alpha value is -3.62. The molecule has 1 aliphatic rings. The van der Waals surface area contributed by atoms with Crippen molar-refractivity contribution in [2.75, 3.05) is 55.9 Å². The van der Waals surface area contributed by atoms with Crippen LogP contribution in [0, 0.1) is 0 Å². The lowest BCUT2D eigenvalue weighted by Crippen LogP contribution is -2.44. The minimum absolute atomic E-state index is 0.469. The molecule has 2 aromatic carbocycles. The van der Waals surface area contributed by atoms with Crippen molar-refractivity contribution in [2.45, 2.75) is 0 Å². The first-order valence-electron chi connectivity index (χ1n) is 11.1. The van der Waals surface area contributed by atoms with Gasteiger partial charge in [-0.3, -0.25) is 4.98 Å². The Balaban J connectivity index is 1.32. The normalized spacial score (nSPS) is 14.3. The summed E-state index contributed by atoms with van der Waals surface area (Å²) < 4.78 is 5.66. The highest BCUT2D eigenvalue weighted by Crippen LogP contribution is 2.32. The van der Waals surface area contributed by atoms with E-state index in [0.29, 0.717) is 16.8 Å². The van der Waals surface area contributed by atoms with Crippen LogP contribution in [-0.4, -0.2) is 60.2 Å². The fourth-order valence-corrected chi connectivity index (χ4v) is 4.13. The first-order valence-corrected chi connectivity index (χ1v) is 11.5. The standard InChI is InChI=1S/C25H26ClN7O/c1-32-9-11-33(12-10-32)20-5-6-21(23(15-20)34-2)30-25-27-8-7-24(31-25)29-19-13-17-3-4-18(26)14-22(17)28-16-19/h3-8,13-16H,9-12H2,1-2H3,(H2,27,29,30,31). The third-order valence-electron chi connectivity index (χ3n) is 5.87. The Morgan fingerprint density at radius 3 is 2.62 bits per heavy atom. The van der Waals surface area contributed by atoms with Crippen molar-refractivity contribution >= 4 is 51.3 Å². The Morgan fingerprint density at radius 1 is 0.941 bits per heavy atom. The van der Waals surface area contributed by atoms with Crippen LogP contribution in [0.25, 0.3) is 10.9 Å². The number of hydrogen-bond donors (Lipinski definition) is 2. The van der Waals surface area contributed by atoms with Gasteiger partial charge >= 0.3 is 0 Å². The highest BCUT2D eigenvalue weighted by molar-refractivity contribution is 6.31. The Kier molecular flexibility index (Phi) is 6.33. The van der Waals surface area contributed by atoms with Crippen molar-refractivity contribution in [3.8, 4) is 5.75 Å². The predicted molar refractivity (Wildman–Crippen MR) is 138 cm³/mol. The zero-order valence-corrected chi connectivity index (χ0v) is 19.9. The molecule has 5 rings (SSSR count). The van der Waals surface area contributed by atoms with Crippen LogP contribution < -0.4 is 20.3 Å². The number of aromatic nitrogens is 3. The number of benzene rings is 2. The zero-order valence-electron chi connectivity index (χ0n) is 19.1. The number of nitrogens with one attached hydrogen (secondary N) is 2. The van der Waals surface area contributed by atoms with E-state index in [4.69, 9.17) is 16.3 Å². The molecule has 34 heavy (non-hydrogen) atoms. The zero-order chi connectivity index (χ0) is 23.5.